The highest BCUT2D eigenvalue weighted by atomic mass is 32.9. The third-order valence-electron chi connectivity index (χ3n) is 2.50. The van der Waals surface area contributed by atoms with Gasteiger partial charge in [-0.3, -0.25) is 0 Å². The van der Waals surface area contributed by atoms with Gasteiger partial charge in [0.15, 0.2) is 12.2 Å². The van der Waals surface area contributed by atoms with Gasteiger partial charge < -0.3 is 19.3 Å². The molecular formula is C12H23O6PS2. The normalized spacial score (nSPS) is 18.6. The molecule has 0 aromatic heterocycles. The first kappa shape index (κ1) is 20.9. The van der Waals surface area contributed by atoms with Crippen molar-refractivity contribution in [3.05, 3.63) is 0 Å². The van der Waals surface area contributed by atoms with Gasteiger partial charge in [-0.15, -0.1) is 0 Å². The van der Waals surface area contributed by atoms with Crippen molar-refractivity contribution in [2.75, 3.05) is 0 Å². The molecule has 0 spiro atoms. The molecule has 2 N–H and O–H groups in total. The van der Waals surface area contributed by atoms with Gasteiger partial charge >= 0.3 is 11.9 Å². The van der Waals surface area contributed by atoms with Crippen molar-refractivity contribution in [1.29, 1.82) is 0 Å². The van der Waals surface area contributed by atoms with Crippen molar-refractivity contribution in [2.24, 2.45) is 10.8 Å². The molecule has 0 saturated heterocycles. The molecule has 0 aliphatic rings. The highest BCUT2D eigenvalue weighted by Gasteiger charge is 2.41. The SMILES string of the molecule is CC(C)(C)C(OP(=S)(S)OC(C(=O)O)C(C)(C)C)C(=O)O. The number of rotatable bonds is 6. The van der Waals surface area contributed by atoms with Gasteiger partial charge in [-0.1, -0.05) is 53.8 Å². The first-order valence-electron chi connectivity index (χ1n) is 6.23. The van der Waals surface area contributed by atoms with Crippen LogP contribution < -0.4 is 0 Å². The maximum atomic E-state index is 11.3. The summed E-state index contributed by atoms with van der Waals surface area (Å²) in [5.74, 6) is -2.39. The minimum atomic E-state index is -3.34. The van der Waals surface area contributed by atoms with Crippen LogP contribution in [0.2, 0.25) is 0 Å². The molecule has 124 valence electrons. The summed E-state index contributed by atoms with van der Waals surface area (Å²) in [7, 11) is 0. The molecule has 0 saturated carbocycles. The van der Waals surface area contributed by atoms with E-state index in [-0.39, 0.29) is 0 Å². The molecule has 6 nitrogen and oxygen atoms in total. The largest absolute Gasteiger partial charge is 0.479 e. The zero-order chi connectivity index (χ0) is 17.2. The molecular weight excluding hydrogens is 335 g/mol. The number of carbonyl (C=O) groups is 2. The monoisotopic (exact) mass is 358 g/mol. The van der Waals surface area contributed by atoms with Crippen molar-refractivity contribution in [3.63, 3.8) is 0 Å². The summed E-state index contributed by atoms with van der Waals surface area (Å²) < 4.78 is 10.7. The molecule has 2 atom stereocenters. The minimum absolute atomic E-state index is 0.734. The van der Waals surface area contributed by atoms with Gasteiger partial charge in [0.1, 0.15) is 0 Å². The van der Waals surface area contributed by atoms with Gasteiger partial charge in [0.2, 0.25) is 5.69 Å². The van der Waals surface area contributed by atoms with Crippen LogP contribution in [0.25, 0.3) is 0 Å². The Labute approximate surface area is 135 Å². The minimum Gasteiger partial charge on any atom is -0.479 e. The van der Waals surface area contributed by atoms with E-state index < -0.39 is 40.7 Å². The Morgan fingerprint density at radius 2 is 1.19 bits per heavy atom. The lowest BCUT2D eigenvalue weighted by atomic mass is 9.89. The predicted octanol–water partition coefficient (Wildman–Crippen LogP) is 3.17. The first-order chi connectivity index (χ1) is 9.08. The Kier molecular flexibility index (Phi) is 6.91. The molecule has 9 heteroatoms. The van der Waals surface area contributed by atoms with Crippen LogP contribution in [0.3, 0.4) is 0 Å². The number of hydrogen-bond donors (Lipinski definition) is 3. The number of carboxylic acid groups (broad SMARTS) is 2. The topological polar surface area (TPSA) is 93.1 Å². The highest BCUT2D eigenvalue weighted by molar-refractivity contribution is 8.60. The smallest absolute Gasteiger partial charge is 0.333 e. The molecule has 21 heavy (non-hydrogen) atoms. The van der Waals surface area contributed by atoms with Crippen molar-refractivity contribution >= 4 is 41.7 Å². The summed E-state index contributed by atoms with van der Waals surface area (Å²) in [6.45, 7) is 10.0. The highest BCUT2D eigenvalue weighted by Crippen LogP contribution is 2.58. The lowest BCUT2D eigenvalue weighted by molar-refractivity contribution is -0.152. The molecule has 0 aromatic rings. The summed E-state index contributed by atoms with van der Waals surface area (Å²) >= 11 is 9.15. The van der Waals surface area contributed by atoms with Crippen LogP contribution in [-0.4, -0.2) is 34.4 Å². The fourth-order valence-corrected chi connectivity index (χ4v) is 3.92. The lowest BCUT2D eigenvalue weighted by Gasteiger charge is -2.34. The van der Waals surface area contributed by atoms with Crippen LogP contribution in [0.4, 0.5) is 0 Å². The molecule has 0 aliphatic heterocycles. The summed E-state index contributed by atoms with van der Waals surface area (Å²) in [4.78, 5) is 22.6. The van der Waals surface area contributed by atoms with E-state index >= 15 is 0 Å². The zero-order valence-corrected chi connectivity index (χ0v) is 15.6. The maximum absolute atomic E-state index is 11.3. The molecule has 0 bridgehead atoms. The molecule has 2 unspecified atom stereocenters. The second-order valence-corrected chi connectivity index (χ2v) is 12.0. The second-order valence-electron chi connectivity index (χ2n) is 6.85. The van der Waals surface area contributed by atoms with E-state index in [2.05, 4.69) is 12.2 Å². The summed E-state index contributed by atoms with van der Waals surface area (Å²) in [5.41, 5.74) is -4.81. The van der Waals surface area contributed by atoms with Crippen molar-refractivity contribution in [1.82, 2.24) is 0 Å². The Bertz CT molecular complexity index is 414. The van der Waals surface area contributed by atoms with E-state index in [1.54, 1.807) is 41.5 Å². The molecule has 0 amide bonds. The predicted molar refractivity (Wildman–Crippen MR) is 87.2 cm³/mol. The van der Waals surface area contributed by atoms with Gasteiger partial charge in [-0.2, -0.15) is 0 Å². The average molecular weight is 358 g/mol. The summed E-state index contributed by atoms with van der Waals surface area (Å²) in [6, 6.07) is 0. The molecule has 0 radical (unpaired) electrons. The van der Waals surface area contributed by atoms with Crippen LogP contribution in [0, 0.1) is 10.8 Å². The quantitative estimate of drug-likeness (QED) is 0.496. The van der Waals surface area contributed by atoms with Crippen LogP contribution in [-0.2, 0) is 30.4 Å². The van der Waals surface area contributed by atoms with E-state index in [1.807, 2.05) is 0 Å². The molecule has 0 aromatic carbocycles. The third kappa shape index (κ3) is 7.10. The average Bonchev–Trinajstić information content (AvgIpc) is 2.19. The Hall–Kier alpha value is -0.140. The van der Waals surface area contributed by atoms with Crippen molar-refractivity contribution in [2.45, 2.75) is 53.8 Å². The van der Waals surface area contributed by atoms with Crippen LogP contribution in [0.1, 0.15) is 41.5 Å². The van der Waals surface area contributed by atoms with Crippen LogP contribution >= 0.6 is 17.9 Å². The zero-order valence-electron chi connectivity index (χ0n) is 13.0. The Morgan fingerprint density at radius 3 is 1.33 bits per heavy atom. The van der Waals surface area contributed by atoms with E-state index in [0.29, 0.717) is 0 Å². The fraction of sp³-hybridized carbons (Fsp3) is 0.833. The molecule has 0 heterocycles. The molecule has 0 fully saturated rings. The van der Waals surface area contributed by atoms with Gasteiger partial charge in [0.05, 0.1) is 0 Å². The van der Waals surface area contributed by atoms with E-state index in [4.69, 9.17) is 20.9 Å². The van der Waals surface area contributed by atoms with E-state index in [0.717, 1.165) is 0 Å². The molecule has 0 aliphatic carbocycles. The third-order valence-corrected chi connectivity index (χ3v) is 4.54. The fourth-order valence-electron chi connectivity index (χ4n) is 1.44. The number of carboxylic acids is 2. The lowest BCUT2D eigenvalue weighted by Crippen LogP contribution is -2.38. The van der Waals surface area contributed by atoms with Crippen molar-refractivity contribution in [3.8, 4) is 0 Å². The summed E-state index contributed by atoms with van der Waals surface area (Å²) in [6.07, 6.45) is -2.48. The van der Waals surface area contributed by atoms with Gasteiger partial charge in [0.25, 0.3) is 0 Å². The van der Waals surface area contributed by atoms with Crippen molar-refractivity contribution < 1.29 is 28.8 Å². The Morgan fingerprint density at radius 1 is 0.952 bits per heavy atom. The Balaban J connectivity index is 5.26. The first-order valence-corrected chi connectivity index (χ1v) is 10.0. The molecule has 0 rings (SSSR count). The van der Waals surface area contributed by atoms with Gasteiger partial charge in [0, 0.05) is 0 Å². The standard InChI is InChI=1S/C12H23O6PS2/c1-11(2,3)7(9(13)14)17-19(20,21)18-8(10(15)16)12(4,5)6/h7-8H,1-6H3,(H,13,14)(H,15,16)(H,20,21). The van der Waals surface area contributed by atoms with E-state index in [1.165, 1.54) is 0 Å². The van der Waals surface area contributed by atoms with Gasteiger partial charge in [-0.25, -0.2) is 9.59 Å². The van der Waals surface area contributed by atoms with Crippen LogP contribution in [0.15, 0.2) is 0 Å². The maximum Gasteiger partial charge on any atom is 0.333 e. The number of aliphatic carboxylic acids is 2. The van der Waals surface area contributed by atoms with Gasteiger partial charge in [-0.05, 0) is 22.6 Å². The van der Waals surface area contributed by atoms with E-state index in [9.17, 15) is 19.8 Å². The number of thiol groups is 1. The summed E-state index contributed by atoms with van der Waals surface area (Å²) in [5, 5.41) is 18.4. The van der Waals surface area contributed by atoms with Crippen LogP contribution in [0.5, 0.6) is 0 Å². The number of hydrogen-bond acceptors (Lipinski definition) is 5. The second kappa shape index (κ2) is 6.96.